The molecule has 0 radical (unpaired) electrons. The maximum atomic E-state index is 11.4. The van der Waals surface area contributed by atoms with Gasteiger partial charge < -0.3 is 4.74 Å². The molecule has 0 aromatic carbocycles. The van der Waals surface area contributed by atoms with E-state index in [2.05, 4.69) is 0 Å². The molecule has 0 amide bonds. The number of carbonyl (C=O) groups excluding carboxylic acids is 2. The molecule has 0 saturated heterocycles. The highest BCUT2D eigenvalue weighted by atomic mass is 16.5. The summed E-state index contributed by atoms with van der Waals surface area (Å²) in [6.45, 7) is 2.06. The molecule has 0 heterocycles. The van der Waals surface area contributed by atoms with Crippen LogP contribution in [0, 0.1) is 0 Å². The van der Waals surface area contributed by atoms with E-state index in [1.807, 2.05) is 0 Å². The third-order valence-electron chi connectivity index (χ3n) is 2.00. The minimum atomic E-state index is -0.464. The Hall–Kier alpha value is -1.12. The first kappa shape index (κ1) is 9.96. The van der Waals surface area contributed by atoms with Gasteiger partial charge in [-0.05, 0) is 26.2 Å². The van der Waals surface area contributed by atoms with Crippen LogP contribution in [0.4, 0.5) is 0 Å². The predicted molar refractivity (Wildman–Crippen MR) is 48.2 cm³/mol. The highest BCUT2D eigenvalue weighted by Crippen LogP contribution is 2.15. The second kappa shape index (κ2) is 4.80. The topological polar surface area (TPSA) is 43.4 Å². The molecule has 0 aromatic heterocycles. The fourth-order valence-electron chi connectivity index (χ4n) is 1.33. The number of esters is 1. The average molecular weight is 182 g/mol. The SMILES string of the molecule is CCOC(=O)C1=CCCCCC1=O. The van der Waals surface area contributed by atoms with Gasteiger partial charge in [-0.1, -0.05) is 6.08 Å². The zero-order chi connectivity index (χ0) is 9.68. The van der Waals surface area contributed by atoms with Gasteiger partial charge in [0.15, 0.2) is 5.78 Å². The summed E-state index contributed by atoms with van der Waals surface area (Å²) < 4.78 is 4.78. The lowest BCUT2D eigenvalue weighted by Crippen LogP contribution is -2.14. The second-order valence-electron chi connectivity index (χ2n) is 3.01. The highest BCUT2D eigenvalue weighted by Gasteiger charge is 2.20. The minimum absolute atomic E-state index is 0.0732. The fourth-order valence-corrected chi connectivity index (χ4v) is 1.33. The van der Waals surface area contributed by atoms with Crippen LogP contribution in [0.25, 0.3) is 0 Å². The molecule has 1 aliphatic carbocycles. The van der Waals surface area contributed by atoms with Crippen molar-refractivity contribution in [1.82, 2.24) is 0 Å². The van der Waals surface area contributed by atoms with Crippen molar-refractivity contribution in [2.75, 3.05) is 6.61 Å². The van der Waals surface area contributed by atoms with E-state index in [1.165, 1.54) is 0 Å². The summed E-state index contributed by atoms with van der Waals surface area (Å²) in [6.07, 6.45) is 4.84. The first-order valence-corrected chi connectivity index (χ1v) is 4.66. The zero-order valence-electron chi connectivity index (χ0n) is 7.84. The molecule has 0 spiro atoms. The van der Waals surface area contributed by atoms with E-state index in [-0.39, 0.29) is 11.4 Å². The summed E-state index contributed by atoms with van der Waals surface area (Å²) in [5.74, 6) is -0.537. The van der Waals surface area contributed by atoms with Crippen molar-refractivity contribution in [2.45, 2.75) is 32.6 Å². The molecule has 0 bridgehead atoms. The molecular formula is C10H14O3. The Morgan fingerprint density at radius 2 is 2.31 bits per heavy atom. The van der Waals surface area contributed by atoms with Gasteiger partial charge in [0.05, 0.1) is 12.2 Å². The number of allylic oxidation sites excluding steroid dienone is 1. The fraction of sp³-hybridized carbons (Fsp3) is 0.600. The molecule has 1 aliphatic rings. The van der Waals surface area contributed by atoms with E-state index in [0.717, 1.165) is 19.3 Å². The Kier molecular flexibility index (Phi) is 3.68. The van der Waals surface area contributed by atoms with Crippen LogP contribution in [0.15, 0.2) is 11.6 Å². The summed E-state index contributed by atoms with van der Waals surface area (Å²) >= 11 is 0. The van der Waals surface area contributed by atoms with Crippen LogP contribution in [-0.2, 0) is 14.3 Å². The van der Waals surface area contributed by atoms with Crippen molar-refractivity contribution in [1.29, 1.82) is 0 Å². The largest absolute Gasteiger partial charge is 0.462 e. The molecule has 13 heavy (non-hydrogen) atoms. The van der Waals surface area contributed by atoms with Gasteiger partial charge in [-0.2, -0.15) is 0 Å². The number of Topliss-reactive ketones (excluding diaryl/α,β-unsaturated/α-hetero) is 1. The molecule has 0 fully saturated rings. The predicted octanol–water partition coefficient (Wildman–Crippen LogP) is 1.62. The van der Waals surface area contributed by atoms with Gasteiger partial charge in [-0.15, -0.1) is 0 Å². The van der Waals surface area contributed by atoms with Crippen molar-refractivity contribution in [3.05, 3.63) is 11.6 Å². The lowest BCUT2D eigenvalue weighted by Gasteiger charge is -2.02. The highest BCUT2D eigenvalue weighted by molar-refractivity contribution is 6.17. The van der Waals surface area contributed by atoms with Crippen LogP contribution >= 0.6 is 0 Å². The maximum Gasteiger partial charge on any atom is 0.341 e. The van der Waals surface area contributed by atoms with Gasteiger partial charge in [0.2, 0.25) is 0 Å². The van der Waals surface area contributed by atoms with E-state index >= 15 is 0 Å². The Labute approximate surface area is 77.8 Å². The zero-order valence-corrected chi connectivity index (χ0v) is 7.84. The monoisotopic (exact) mass is 182 g/mol. The third kappa shape index (κ3) is 2.68. The normalized spacial score (nSPS) is 17.6. The van der Waals surface area contributed by atoms with Gasteiger partial charge in [0.25, 0.3) is 0 Å². The van der Waals surface area contributed by atoms with E-state index in [9.17, 15) is 9.59 Å². The van der Waals surface area contributed by atoms with Crippen molar-refractivity contribution in [2.24, 2.45) is 0 Å². The molecular weight excluding hydrogens is 168 g/mol. The Bertz CT molecular complexity index is 241. The van der Waals surface area contributed by atoms with Crippen molar-refractivity contribution < 1.29 is 14.3 Å². The first-order valence-electron chi connectivity index (χ1n) is 4.66. The van der Waals surface area contributed by atoms with Gasteiger partial charge in [-0.25, -0.2) is 4.79 Å². The van der Waals surface area contributed by atoms with E-state index < -0.39 is 5.97 Å². The maximum absolute atomic E-state index is 11.4. The number of ketones is 1. The van der Waals surface area contributed by atoms with Gasteiger partial charge in [-0.3, -0.25) is 4.79 Å². The van der Waals surface area contributed by atoms with Gasteiger partial charge in [0.1, 0.15) is 0 Å². The standard InChI is InChI=1S/C10H14O3/c1-2-13-10(12)8-6-4-3-5-7-9(8)11/h6H,2-5,7H2,1H3. The number of hydrogen-bond donors (Lipinski definition) is 0. The van der Waals surface area contributed by atoms with E-state index in [0.29, 0.717) is 13.0 Å². The summed E-state index contributed by atoms with van der Waals surface area (Å²) in [4.78, 5) is 22.6. The molecule has 0 aromatic rings. The number of ether oxygens (including phenoxy) is 1. The second-order valence-corrected chi connectivity index (χ2v) is 3.01. The van der Waals surface area contributed by atoms with Crippen LogP contribution in [-0.4, -0.2) is 18.4 Å². The summed E-state index contributed by atoms with van der Waals surface area (Å²) in [7, 11) is 0. The van der Waals surface area contributed by atoms with Gasteiger partial charge in [0, 0.05) is 6.42 Å². The smallest absolute Gasteiger partial charge is 0.341 e. The average Bonchev–Trinajstić information content (AvgIpc) is 2.30. The van der Waals surface area contributed by atoms with Crippen molar-refractivity contribution in [3.63, 3.8) is 0 Å². The molecule has 72 valence electrons. The summed E-state index contributed by atoms with van der Waals surface area (Å²) in [5.41, 5.74) is 0.249. The van der Waals surface area contributed by atoms with Crippen molar-refractivity contribution in [3.8, 4) is 0 Å². The lowest BCUT2D eigenvalue weighted by molar-refractivity contribution is -0.140. The van der Waals surface area contributed by atoms with Gasteiger partial charge >= 0.3 is 5.97 Å². The summed E-state index contributed by atoms with van der Waals surface area (Å²) in [5, 5.41) is 0. The molecule has 3 heteroatoms. The molecule has 0 unspecified atom stereocenters. The lowest BCUT2D eigenvalue weighted by atomic mass is 10.1. The van der Waals surface area contributed by atoms with Crippen LogP contribution in [0.3, 0.4) is 0 Å². The van der Waals surface area contributed by atoms with Crippen LogP contribution < -0.4 is 0 Å². The van der Waals surface area contributed by atoms with Crippen LogP contribution in [0.1, 0.15) is 32.6 Å². The molecule has 0 N–H and O–H groups in total. The van der Waals surface area contributed by atoms with Crippen molar-refractivity contribution >= 4 is 11.8 Å². The number of rotatable bonds is 2. The molecule has 1 rings (SSSR count). The Balaban J connectivity index is 2.68. The van der Waals surface area contributed by atoms with Crippen LogP contribution in [0.2, 0.25) is 0 Å². The van der Waals surface area contributed by atoms with E-state index in [1.54, 1.807) is 13.0 Å². The Morgan fingerprint density at radius 3 is 3.00 bits per heavy atom. The Morgan fingerprint density at radius 1 is 1.54 bits per heavy atom. The summed E-state index contributed by atoms with van der Waals surface area (Å²) in [6, 6.07) is 0. The first-order chi connectivity index (χ1) is 6.25. The number of hydrogen-bond acceptors (Lipinski definition) is 3. The molecule has 3 nitrogen and oxygen atoms in total. The minimum Gasteiger partial charge on any atom is -0.462 e. The third-order valence-corrected chi connectivity index (χ3v) is 2.00. The van der Waals surface area contributed by atoms with E-state index in [4.69, 9.17) is 4.74 Å². The molecule has 0 aliphatic heterocycles. The molecule has 0 atom stereocenters. The quantitative estimate of drug-likeness (QED) is 0.481. The van der Waals surface area contributed by atoms with Crippen LogP contribution in [0.5, 0.6) is 0 Å². The number of carbonyl (C=O) groups is 2. The molecule has 0 saturated carbocycles.